The summed E-state index contributed by atoms with van der Waals surface area (Å²) >= 11 is 0. The van der Waals surface area contributed by atoms with Crippen molar-refractivity contribution in [3.05, 3.63) is 66.7 Å². The normalized spacial score (nSPS) is 14.9. The molecule has 1 amide bonds. The van der Waals surface area contributed by atoms with Crippen molar-refractivity contribution in [2.24, 2.45) is 7.05 Å². The monoisotopic (exact) mass is 366 g/mol. The first-order valence-corrected chi connectivity index (χ1v) is 7.80. The number of benzene rings is 2. The quantitative estimate of drug-likeness (QED) is 0.599. The zero-order valence-corrected chi connectivity index (χ0v) is 14.1. The summed E-state index contributed by atoms with van der Waals surface area (Å²) in [5, 5.41) is 3.09. The Bertz CT molecular complexity index is 1410. The summed E-state index contributed by atoms with van der Waals surface area (Å²) in [6.07, 6.45) is 4.86. The van der Waals surface area contributed by atoms with Crippen molar-refractivity contribution in [2.45, 2.75) is 0 Å². The lowest BCUT2D eigenvalue weighted by Gasteiger charge is -2.07. The number of methoxy groups -OCH3 is 1. The largest absolute Gasteiger partial charge is 0.497 e. The molecule has 0 saturated carbocycles. The third-order valence-electron chi connectivity index (χ3n) is 3.85. The minimum atomic E-state index is -2.98. The second-order valence-electron chi connectivity index (χ2n) is 5.62. The molecule has 0 fully saturated rings. The number of nitrogens with one attached hydrogen (secondary N) is 1. The molecule has 0 aliphatic rings. The van der Waals surface area contributed by atoms with E-state index in [9.17, 15) is 4.79 Å². The van der Waals surface area contributed by atoms with Gasteiger partial charge in [0, 0.05) is 29.8 Å². The van der Waals surface area contributed by atoms with Crippen molar-refractivity contribution >= 4 is 22.8 Å². The third-order valence-corrected chi connectivity index (χ3v) is 3.85. The molecule has 0 aliphatic carbocycles. The maximum atomic E-state index is 12.8. The smallest absolute Gasteiger partial charge is 0.258 e. The molecule has 7 heteroatoms. The number of ether oxygens (including phenoxy) is 1. The highest BCUT2D eigenvalue weighted by Crippen LogP contribution is 2.23. The van der Waals surface area contributed by atoms with Crippen LogP contribution in [0.15, 0.2) is 61.1 Å². The van der Waals surface area contributed by atoms with Crippen LogP contribution in [0.3, 0.4) is 0 Å². The fourth-order valence-corrected chi connectivity index (χ4v) is 2.51. The molecule has 2 heterocycles. The molecule has 0 saturated heterocycles. The number of aromatic nitrogens is 4. The topological polar surface area (TPSA) is 81.9 Å². The van der Waals surface area contributed by atoms with Gasteiger partial charge in [-0.2, -0.15) is 0 Å². The number of amides is 1. The molecule has 0 radical (unpaired) electrons. The van der Waals surface area contributed by atoms with E-state index in [-0.39, 0.29) is 5.95 Å². The Balaban J connectivity index is 1.68. The number of rotatable bonds is 4. The fourth-order valence-electron chi connectivity index (χ4n) is 2.51. The van der Waals surface area contributed by atoms with Gasteiger partial charge in [-0.05, 0) is 30.2 Å². The first-order chi connectivity index (χ1) is 16.0. The van der Waals surface area contributed by atoms with Gasteiger partial charge in [0.2, 0.25) is 5.95 Å². The SMILES string of the molecule is [2H]c1c([2H])c(C(=O)Nc2ncc3ccc(-c4cncn4C)cc3n2)c([2H])c([2H])c1OC([2H])([2H])[2H]. The summed E-state index contributed by atoms with van der Waals surface area (Å²) in [6.45, 7) is 0. The van der Waals surface area contributed by atoms with Crippen LogP contribution >= 0.6 is 0 Å². The Hall–Kier alpha value is -3.74. The van der Waals surface area contributed by atoms with Gasteiger partial charge < -0.3 is 9.30 Å². The summed E-state index contributed by atoms with van der Waals surface area (Å²) in [5.74, 6) is -1.87. The van der Waals surface area contributed by atoms with E-state index in [0.29, 0.717) is 10.9 Å². The Morgan fingerprint density at radius 3 is 2.85 bits per heavy atom. The van der Waals surface area contributed by atoms with Crippen LogP contribution in [0.4, 0.5) is 5.95 Å². The van der Waals surface area contributed by atoms with Crippen LogP contribution in [0.25, 0.3) is 22.2 Å². The molecule has 4 rings (SSSR count). The molecule has 0 unspecified atom stereocenters. The molecule has 0 aliphatic heterocycles. The van der Waals surface area contributed by atoms with Gasteiger partial charge in [0.05, 0.1) is 40.4 Å². The van der Waals surface area contributed by atoms with E-state index >= 15 is 0 Å². The number of nitrogens with zero attached hydrogens (tertiary/aromatic N) is 4. The number of fused-ring (bicyclic) bond motifs is 1. The molecular weight excluding hydrogens is 342 g/mol. The third kappa shape index (κ3) is 3.35. The number of carbonyl (C=O) groups is 1. The molecule has 134 valence electrons. The first kappa shape index (κ1) is 10.4. The Kier molecular flexibility index (Phi) is 2.65. The van der Waals surface area contributed by atoms with Crippen LogP contribution in [0.2, 0.25) is 0 Å². The van der Waals surface area contributed by atoms with Crippen LogP contribution < -0.4 is 10.1 Å². The van der Waals surface area contributed by atoms with Gasteiger partial charge in [-0.25, -0.2) is 15.0 Å². The second kappa shape index (κ2) is 6.87. The van der Waals surface area contributed by atoms with E-state index in [0.717, 1.165) is 11.3 Å². The number of aryl methyl sites for hydroxylation is 1. The summed E-state index contributed by atoms with van der Waals surface area (Å²) in [5.41, 5.74) is 1.62. The zero-order valence-electron chi connectivity index (χ0n) is 21.1. The standard InChI is InChI=1S/C20H17N5O2/c1-25-12-21-11-18(25)14-3-4-15-10-22-20(23-17(15)9-14)24-19(26)13-5-7-16(27-2)8-6-13/h3-12H,1-2H3,(H,22,23,24,26)/i2D3,5D,6D,7D,8D. The number of hydrogen-bond acceptors (Lipinski definition) is 5. The van der Waals surface area contributed by atoms with Crippen molar-refractivity contribution < 1.29 is 19.1 Å². The predicted octanol–water partition coefficient (Wildman–Crippen LogP) is 3.29. The van der Waals surface area contributed by atoms with E-state index in [1.165, 1.54) is 6.20 Å². The van der Waals surface area contributed by atoms with Crippen LogP contribution in [0.5, 0.6) is 5.75 Å². The van der Waals surface area contributed by atoms with Gasteiger partial charge in [-0.1, -0.05) is 12.1 Å². The number of imidazole rings is 1. The van der Waals surface area contributed by atoms with Gasteiger partial charge >= 0.3 is 0 Å². The summed E-state index contributed by atoms with van der Waals surface area (Å²) in [6, 6.07) is 2.41. The number of anilines is 1. The van der Waals surface area contributed by atoms with Gasteiger partial charge in [0.1, 0.15) is 5.75 Å². The molecule has 27 heavy (non-hydrogen) atoms. The zero-order chi connectivity index (χ0) is 24.8. The summed E-state index contributed by atoms with van der Waals surface area (Å²) < 4.78 is 60.0. The highest BCUT2D eigenvalue weighted by atomic mass is 16.5. The molecule has 2 aromatic heterocycles. The minimum Gasteiger partial charge on any atom is -0.497 e. The lowest BCUT2D eigenvalue weighted by Crippen LogP contribution is -2.14. The van der Waals surface area contributed by atoms with Crippen molar-refractivity contribution in [3.63, 3.8) is 0 Å². The maximum absolute atomic E-state index is 12.8. The van der Waals surface area contributed by atoms with Crippen molar-refractivity contribution in [1.29, 1.82) is 0 Å². The van der Waals surface area contributed by atoms with Gasteiger partial charge in [-0.15, -0.1) is 0 Å². The predicted molar refractivity (Wildman–Crippen MR) is 103 cm³/mol. The molecule has 0 atom stereocenters. The van der Waals surface area contributed by atoms with Crippen LogP contribution in [-0.2, 0) is 7.05 Å². The van der Waals surface area contributed by atoms with E-state index < -0.39 is 48.4 Å². The van der Waals surface area contributed by atoms with Crippen LogP contribution in [0, 0.1) is 0 Å². The average molecular weight is 366 g/mol. The van der Waals surface area contributed by atoms with E-state index in [1.54, 1.807) is 18.6 Å². The van der Waals surface area contributed by atoms with Gasteiger partial charge in [0.25, 0.3) is 5.91 Å². The number of carbonyl (C=O) groups excluding carboxylic acids is 1. The fraction of sp³-hybridized carbons (Fsp3) is 0.100. The average Bonchev–Trinajstić information content (AvgIpc) is 3.20. The van der Waals surface area contributed by atoms with Crippen molar-refractivity contribution in [1.82, 2.24) is 19.5 Å². The molecule has 0 spiro atoms. The molecular formula is C20H17N5O2. The Morgan fingerprint density at radius 1 is 1.26 bits per heavy atom. The minimum absolute atomic E-state index is 0.112. The number of hydrogen-bond donors (Lipinski definition) is 1. The highest BCUT2D eigenvalue weighted by molar-refractivity contribution is 6.03. The van der Waals surface area contributed by atoms with Crippen LogP contribution in [-0.4, -0.2) is 32.5 Å². The highest BCUT2D eigenvalue weighted by Gasteiger charge is 2.10. The van der Waals surface area contributed by atoms with Crippen LogP contribution in [0.1, 0.15) is 20.0 Å². The first-order valence-electron chi connectivity index (χ1n) is 11.3. The maximum Gasteiger partial charge on any atom is 0.258 e. The van der Waals surface area contributed by atoms with E-state index in [4.69, 9.17) is 9.60 Å². The van der Waals surface area contributed by atoms with Gasteiger partial charge in [-0.3, -0.25) is 10.1 Å². The molecule has 0 bridgehead atoms. The second-order valence-corrected chi connectivity index (χ2v) is 5.62. The molecule has 2 aromatic carbocycles. The Morgan fingerprint density at radius 2 is 2.11 bits per heavy atom. The lowest BCUT2D eigenvalue weighted by atomic mass is 10.1. The molecule has 7 nitrogen and oxygen atoms in total. The van der Waals surface area contributed by atoms with Crippen molar-refractivity contribution in [2.75, 3.05) is 12.4 Å². The molecule has 1 N–H and O–H groups in total. The Labute approximate surface area is 165 Å². The van der Waals surface area contributed by atoms with E-state index in [2.05, 4.69) is 25.0 Å². The van der Waals surface area contributed by atoms with E-state index in [1.807, 2.05) is 23.7 Å². The lowest BCUT2D eigenvalue weighted by molar-refractivity contribution is 0.102. The molecule has 4 aromatic rings. The summed E-state index contributed by atoms with van der Waals surface area (Å²) in [7, 11) is -1.13. The summed E-state index contributed by atoms with van der Waals surface area (Å²) in [4.78, 5) is 25.3. The van der Waals surface area contributed by atoms with Gasteiger partial charge in [0.15, 0.2) is 0 Å². The van der Waals surface area contributed by atoms with Crippen molar-refractivity contribution in [3.8, 4) is 17.0 Å².